The second-order valence-electron chi connectivity index (χ2n) is 2.40. The van der Waals surface area contributed by atoms with Gasteiger partial charge in [0.1, 0.15) is 0 Å². The first-order valence-corrected chi connectivity index (χ1v) is 4.49. The number of halogens is 1. The lowest BCUT2D eigenvalue weighted by Gasteiger charge is -1.96. The molecule has 0 spiro atoms. The number of hydrogen-bond donors (Lipinski definition) is 1. The number of rotatable bonds is 0. The van der Waals surface area contributed by atoms with E-state index in [0.29, 0.717) is 5.39 Å². The van der Waals surface area contributed by atoms with E-state index >= 15 is 0 Å². The number of benzene rings is 1. The zero-order valence-corrected chi connectivity index (χ0v) is 8.20. The Balaban J connectivity index is 3.07. The molecule has 3 nitrogen and oxygen atoms in total. The summed E-state index contributed by atoms with van der Waals surface area (Å²) in [5, 5.41) is 7.71. The molecule has 0 aliphatic heterocycles. The molecule has 2 aromatic rings. The van der Waals surface area contributed by atoms with Crippen molar-refractivity contribution >= 4 is 33.4 Å². The van der Waals surface area contributed by atoms with Gasteiger partial charge in [0, 0.05) is 8.96 Å². The van der Waals surface area contributed by atoms with Gasteiger partial charge in [-0.05, 0) is 28.7 Å². The molecule has 0 aliphatic rings. The van der Waals surface area contributed by atoms with Crippen LogP contribution in [0.1, 0.15) is 0 Å². The van der Waals surface area contributed by atoms with Gasteiger partial charge in [0.25, 0.3) is 5.56 Å². The molecule has 0 fully saturated rings. The number of hydrogen-bond acceptors (Lipinski definition) is 2. The summed E-state index contributed by atoms with van der Waals surface area (Å²) in [6, 6.07) is 5.68. The van der Waals surface area contributed by atoms with Crippen LogP contribution in [-0.2, 0) is 0 Å². The van der Waals surface area contributed by atoms with Gasteiger partial charge in [0.15, 0.2) is 0 Å². The van der Waals surface area contributed by atoms with E-state index in [9.17, 15) is 4.79 Å². The fourth-order valence-electron chi connectivity index (χ4n) is 1.10. The van der Waals surface area contributed by atoms with Crippen LogP contribution in [0.15, 0.2) is 29.2 Å². The topological polar surface area (TPSA) is 45.8 Å². The molecule has 1 heterocycles. The van der Waals surface area contributed by atoms with Gasteiger partial charge in [0.05, 0.1) is 11.6 Å². The molecule has 0 aliphatic carbocycles. The van der Waals surface area contributed by atoms with E-state index in [-0.39, 0.29) is 5.56 Å². The zero-order chi connectivity index (χ0) is 8.55. The second-order valence-corrected chi connectivity index (χ2v) is 3.57. The number of aromatic nitrogens is 2. The van der Waals surface area contributed by atoms with Gasteiger partial charge in [-0.2, -0.15) is 5.10 Å². The molecule has 1 aromatic heterocycles. The predicted octanol–water partition coefficient (Wildman–Crippen LogP) is 1.53. The van der Waals surface area contributed by atoms with Gasteiger partial charge in [-0.1, -0.05) is 12.1 Å². The summed E-state index contributed by atoms with van der Waals surface area (Å²) in [4.78, 5) is 11.3. The van der Waals surface area contributed by atoms with Crippen LogP contribution in [-0.4, -0.2) is 10.2 Å². The van der Waals surface area contributed by atoms with Crippen molar-refractivity contribution in [2.24, 2.45) is 0 Å². The molecule has 0 radical (unpaired) electrons. The summed E-state index contributed by atoms with van der Waals surface area (Å²) in [6.45, 7) is 0. The molecule has 0 unspecified atom stereocenters. The Bertz CT molecular complexity index is 472. The predicted molar refractivity (Wildman–Crippen MR) is 55.1 cm³/mol. The second kappa shape index (κ2) is 2.85. The van der Waals surface area contributed by atoms with Gasteiger partial charge >= 0.3 is 0 Å². The van der Waals surface area contributed by atoms with E-state index in [1.165, 1.54) is 0 Å². The normalized spacial score (nSPS) is 10.4. The fraction of sp³-hybridized carbons (Fsp3) is 0. The maximum absolute atomic E-state index is 11.3. The molecular weight excluding hydrogens is 267 g/mol. The van der Waals surface area contributed by atoms with Crippen molar-refractivity contribution in [1.29, 1.82) is 0 Å². The maximum atomic E-state index is 11.3. The quantitative estimate of drug-likeness (QED) is 0.739. The molecule has 12 heavy (non-hydrogen) atoms. The van der Waals surface area contributed by atoms with E-state index in [1.807, 2.05) is 18.2 Å². The minimum Gasteiger partial charge on any atom is -0.267 e. The molecule has 0 atom stereocenters. The van der Waals surface area contributed by atoms with Gasteiger partial charge in [0.2, 0.25) is 0 Å². The smallest absolute Gasteiger partial charge is 0.267 e. The number of nitrogens with one attached hydrogen (secondary N) is 1. The lowest BCUT2D eigenvalue weighted by molar-refractivity contribution is 1.01. The monoisotopic (exact) mass is 272 g/mol. The van der Waals surface area contributed by atoms with Gasteiger partial charge < -0.3 is 0 Å². The third-order valence-corrected chi connectivity index (χ3v) is 2.54. The lowest BCUT2D eigenvalue weighted by atomic mass is 10.2. The highest BCUT2D eigenvalue weighted by atomic mass is 127. The first-order valence-electron chi connectivity index (χ1n) is 3.41. The van der Waals surface area contributed by atoms with Crippen molar-refractivity contribution in [3.8, 4) is 0 Å². The summed E-state index contributed by atoms with van der Waals surface area (Å²) < 4.78 is 0.953. The fourth-order valence-corrected chi connectivity index (χ4v) is 1.87. The van der Waals surface area contributed by atoms with Crippen LogP contribution in [0.2, 0.25) is 0 Å². The Morgan fingerprint density at radius 1 is 1.42 bits per heavy atom. The van der Waals surface area contributed by atoms with Crippen molar-refractivity contribution < 1.29 is 0 Å². The lowest BCUT2D eigenvalue weighted by Crippen LogP contribution is -2.08. The summed E-state index contributed by atoms with van der Waals surface area (Å²) in [7, 11) is 0. The minimum atomic E-state index is -0.127. The largest absolute Gasteiger partial charge is 0.273 e. The molecule has 0 saturated carbocycles. The highest BCUT2D eigenvalue weighted by Gasteiger charge is 2.00. The van der Waals surface area contributed by atoms with Crippen LogP contribution >= 0.6 is 22.6 Å². The van der Waals surface area contributed by atoms with Gasteiger partial charge in [-0.25, -0.2) is 5.10 Å². The number of H-pyrrole nitrogens is 1. The molecule has 60 valence electrons. The van der Waals surface area contributed by atoms with Crippen molar-refractivity contribution in [3.05, 3.63) is 38.3 Å². The number of nitrogens with zero attached hydrogens (tertiary/aromatic N) is 1. The molecule has 1 aromatic carbocycles. The molecule has 4 heteroatoms. The van der Waals surface area contributed by atoms with Crippen LogP contribution in [0.4, 0.5) is 0 Å². The van der Waals surface area contributed by atoms with Crippen LogP contribution in [0.5, 0.6) is 0 Å². The standard InChI is InChI=1S/C8H5IN2O/c9-6-3-1-2-5-4-10-11-8(12)7(5)6/h1-4H,(H,11,12). The Labute approximate surface area is 81.9 Å². The van der Waals surface area contributed by atoms with Crippen LogP contribution in [0.25, 0.3) is 10.8 Å². The van der Waals surface area contributed by atoms with E-state index in [1.54, 1.807) is 6.20 Å². The molecule has 0 amide bonds. The molecule has 0 saturated heterocycles. The Kier molecular flexibility index (Phi) is 1.84. The third kappa shape index (κ3) is 1.12. The number of fused-ring (bicyclic) bond motifs is 1. The summed E-state index contributed by atoms with van der Waals surface area (Å²) >= 11 is 2.14. The Morgan fingerprint density at radius 3 is 3.00 bits per heavy atom. The van der Waals surface area contributed by atoms with Crippen molar-refractivity contribution in [2.75, 3.05) is 0 Å². The highest BCUT2D eigenvalue weighted by molar-refractivity contribution is 14.1. The Hall–Kier alpha value is -0.910. The van der Waals surface area contributed by atoms with Crippen molar-refractivity contribution in [1.82, 2.24) is 10.2 Å². The minimum absolute atomic E-state index is 0.127. The third-order valence-electron chi connectivity index (χ3n) is 1.64. The van der Waals surface area contributed by atoms with Crippen molar-refractivity contribution in [3.63, 3.8) is 0 Å². The average Bonchev–Trinajstić information content (AvgIpc) is 2.04. The Morgan fingerprint density at radius 2 is 2.25 bits per heavy atom. The van der Waals surface area contributed by atoms with Crippen LogP contribution in [0.3, 0.4) is 0 Å². The van der Waals surface area contributed by atoms with E-state index < -0.39 is 0 Å². The number of aromatic amines is 1. The highest BCUT2D eigenvalue weighted by Crippen LogP contribution is 2.14. The SMILES string of the molecule is O=c1[nH]ncc2cccc(I)c12. The van der Waals surface area contributed by atoms with Crippen LogP contribution < -0.4 is 5.56 Å². The molecule has 0 bridgehead atoms. The van der Waals surface area contributed by atoms with Gasteiger partial charge in [-0.15, -0.1) is 0 Å². The van der Waals surface area contributed by atoms with Gasteiger partial charge in [-0.3, -0.25) is 4.79 Å². The van der Waals surface area contributed by atoms with E-state index in [2.05, 4.69) is 32.8 Å². The average molecular weight is 272 g/mol. The van der Waals surface area contributed by atoms with E-state index in [4.69, 9.17) is 0 Å². The van der Waals surface area contributed by atoms with Crippen molar-refractivity contribution in [2.45, 2.75) is 0 Å². The summed E-state index contributed by atoms with van der Waals surface area (Å²) in [5.41, 5.74) is -0.127. The molecule has 1 N–H and O–H groups in total. The van der Waals surface area contributed by atoms with Crippen LogP contribution in [0, 0.1) is 3.57 Å². The first-order chi connectivity index (χ1) is 5.79. The summed E-state index contributed by atoms with van der Waals surface area (Å²) in [5.74, 6) is 0. The zero-order valence-electron chi connectivity index (χ0n) is 6.04. The molecule has 2 rings (SSSR count). The maximum Gasteiger partial charge on any atom is 0.273 e. The van der Waals surface area contributed by atoms with E-state index in [0.717, 1.165) is 8.96 Å². The first kappa shape index (κ1) is 7.72. The summed E-state index contributed by atoms with van der Waals surface area (Å²) in [6.07, 6.45) is 1.65. The molecular formula is C8H5IN2O.